The summed E-state index contributed by atoms with van der Waals surface area (Å²) in [7, 11) is 3.76. The van der Waals surface area contributed by atoms with Gasteiger partial charge in [0.05, 0.1) is 68.7 Å². The van der Waals surface area contributed by atoms with Crippen LogP contribution in [-0.4, -0.2) is 160 Å². The van der Waals surface area contributed by atoms with Crippen molar-refractivity contribution in [1.82, 2.24) is 9.15 Å². The molecule has 14 rings (SSSR count). The SMILES string of the molecule is CCN(CC(=O)OC)c1ccc(NC(=O)C2C[N+](=c3ccc4c(-c5ccccc5C(=O)[O-])c5ccc(N6CCC6)cc5oc-4c3)C2)cc1OCCOc1cc(NC(=O)C2CN(c3ccc4c(-c5ccccc5C(=O)O)c5ccc(=[N+]6CCC6)cc-5oc4c3)C2)ccc1N(CC(=O)OC)CC(=O)OC. The van der Waals surface area contributed by atoms with E-state index in [1.54, 1.807) is 77.7 Å². The van der Waals surface area contributed by atoms with E-state index in [0.717, 1.165) is 88.6 Å². The maximum absolute atomic E-state index is 14.2. The second-order valence-electron chi connectivity index (χ2n) is 25.9. The third kappa shape index (κ3) is 13.9. The molecular formula is C79H75N8O16+. The summed E-state index contributed by atoms with van der Waals surface area (Å²) in [4.78, 5) is 99.4. The van der Waals surface area contributed by atoms with Gasteiger partial charge in [0.1, 0.15) is 80.1 Å². The van der Waals surface area contributed by atoms with Crippen LogP contribution in [-0.2, 0) is 38.2 Å². The number of hydrogen-bond donors (Lipinski definition) is 3. The molecule has 0 spiro atoms. The number of nitrogens with one attached hydrogen (secondary N) is 2. The quantitative estimate of drug-likeness (QED) is 0.0170. The molecule has 24 nitrogen and oxygen atoms in total. The summed E-state index contributed by atoms with van der Waals surface area (Å²) in [5.41, 5.74) is 8.86. The van der Waals surface area contributed by atoms with Crippen LogP contribution in [0.5, 0.6) is 11.5 Å². The average molecular weight is 1390 g/mol. The Morgan fingerprint density at radius 2 is 1.02 bits per heavy atom. The van der Waals surface area contributed by atoms with Gasteiger partial charge in [0.2, 0.25) is 22.5 Å². The van der Waals surface area contributed by atoms with Crippen LogP contribution in [0.4, 0.5) is 34.1 Å². The highest BCUT2D eigenvalue weighted by atomic mass is 16.5. The predicted molar refractivity (Wildman–Crippen MR) is 386 cm³/mol. The Morgan fingerprint density at radius 3 is 1.50 bits per heavy atom. The molecule has 103 heavy (non-hydrogen) atoms. The van der Waals surface area contributed by atoms with Gasteiger partial charge in [-0.05, 0) is 91.2 Å². The highest BCUT2D eigenvalue weighted by Crippen LogP contribution is 2.45. The highest BCUT2D eigenvalue weighted by Gasteiger charge is 2.39. The first-order valence-electron chi connectivity index (χ1n) is 34.2. The number of carbonyl (C=O) groups is 7. The van der Waals surface area contributed by atoms with Crippen molar-refractivity contribution in [3.63, 3.8) is 0 Å². The van der Waals surface area contributed by atoms with Gasteiger partial charge < -0.3 is 77.8 Å². The topological polar surface area (TPSA) is 278 Å². The van der Waals surface area contributed by atoms with Crippen molar-refractivity contribution >= 4 is 97.7 Å². The first-order valence-corrected chi connectivity index (χ1v) is 34.2. The zero-order valence-electron chi connectivity index (χ0n) is 57.2. The van der Waals surface area contributed by atoms with E-state index in [9.17, 15) is 43.8 Å². The monoisotopic (exact) mass is 1390 g/mol. The van der Waals surface area contributed by atoms with Crippen molar-refractivity contribution in [2.24, 2.45) is 11.8 Å². The second kappa shape index (κ2) is 29.2. The van der Waals surface area contributed by atoms with Crippen molar-refractivity contribution in [3.05, 3.63) is 180 Å². The zero-order chi connectivity index (χ0) is 71.6. The number of hydrogen-bond acceptors (Lipinski definition) is 19. The Labute approximate surface area is 591 Å². The number of carboxylic acids is 2. The predicted octanol–water partition coefficient (Wildman–Crippen LogP) is 7.90. The Balaban J connectivity index is 0.683. The molecule has 4 fully saturated rings. The van der Waals surface area contributed by atoms with Crippen molar-refractivity contribution in [3.8, 4) is 56.4 Å². The fourth-order valence-electron chi connectivity index (χ4n) is 13.7. The van der Waals surface area contributed by atoms with Crippen LogP contribution in [0.25, 0.3) is 66.8 Å². The van der Waals surface area contributed by atoms with E-state index in [4.69, 9.17) is 32.5 Å². The van der Waals surface area contributed by atoms with Gasteiger partial charge in [-0.25, -0.2) is 13.9 Å². The number of aromatic carboxylic acids is 2. The molecule has 0 aromatic heterocycles. The summed E-state index contributed by atoms with van der Waals surface area (Å²) in [6.45, 7) is 6.40. The molecule has 4 saturated heterocycles. The normalized spacial score (nSPS) is 14.8. The number of ether oxygens (including phenoxy) is 5. The molecule has 6 aromatic carbocycles. The molecule has 0 unspecified atom stereocenters. The van der Waals surface area contributed by atoms with E-state index in [1.165, 1.54) is 26.2 Å². The van der Waals surface area contributed by atoms with Gasteiger partial charge in [-0.1, -0.05) is 42.5 Å². The van der Waals surface area contributed by atoms with Crippen LogP contribution in [0.3, 0.4) is 0 Å². The Kier molecular flexibility index (Phi) is 19.2. The van der Waals surface area contributed by atoms with Crippen molar-refractivity contribution in [1.29, 1.82) is 0 Å². The minimum Gasteiger partial charge on any atom is -0.545 e. The van der Waals surface area contributed by atoms with Crippen LogP contribution in [0.1, 0.15) is 40.5 Å². The molecule has 6 aliphatic heterocycles. The zero-order valence-corrected chi connectivity index (χ0v) is 57.2. The van der Waals surface area contributed by atoms with Gasteiger partial charge in [0.15, 0.2) is 19.0 Å². The van der Waals surface area contributed by atoms with Gasteiger partial charge in [-0.15, -0.1) is 0 Å². The smallest absolute Gasteiger partial charge is 0.336 e. The molecule has 3 N–H and O–H groups in total. The molecule has 8 aliphatic rings. The molecule has 526 valence electrons. The molecule has 0 saturated carbocycles. The molecule has 2 aliphatic carbocycles. The third-order valence-electron chi connectivity index (χ3n) is 19.7. The standard InChI is InChI=1S/C79H74N8O16/c1-5-82(44-71(88)97-2)63-26-16-49(80-76(91)47-40-85(41-47)53-20-24-61-67(38-53)102-65-36-51(83-28-10-29-83)18-22-59(65)74(61)55-12-6-8-14-57(55)78(93)94)34-69(63)100-32-33-101-70-35-50(17-27-64(70)87(45-72(89)98-3)46-73(90)99-4)81-77(92)48-42-86(43-48)54-21-25-62-68(39-54)103-66-37-52(84-30-11-31-84)19-23-60(66)75(62)56-13-7-9-15-58(56)79(95)96/h6-9,12-27,34-39,47-48H,5,10-11,28-33,40-46H2,1-4H3,(H2-2,80,81,91,92,93,94,95,96)/p+1. The maximum Gasteiger partial charge on any atom is 0.336 e. The van der Waals surface area contributed by atoms with Crippen molar-refractivity contribution in [2.75, 3.05) is 143 Å². The van der Waals surface area contributed by atoms with Crippen molar-refractivity contribution in [2.45, 2.75) is 19.8 Å². The molecular weight excluding hydrogens is 1320 g/mol. The number of rotatable bonds is 24. The molecule has 0 bridgehead atoms. The molecule has 0 atom stereocenters. The number of carboxylic acid groups (broad SMARTS) is 2. The van der Waals surface area contributed by atoms with E-state index < -0.39 is 41.7 Å². The second-order valence-corrected chi connectivity index (χ2v) is 25.9. The Bertz CT molecular complexity index is 5100. The van der Waals surface area contributed by atoms with Gasteiger partial charge >= 0.3 is 23.9 Å². The lowest BCUT2D eigenvalue weighted by Crippen LogP contribution is -2.53. The number of nitrogens with zero attached hydrogens (tertiary/aromatic N) is 6. The molecule has 6 heterocycles. The first-order chi connectivity index (χ1) is 50.0. The average Bonchev–Trinajstić information content (AvgIpc) is 0.747. The van der Waals surface area contributed by atoms with Crippen LogP contribution >= 0.6 is 0 Å². The first kappa shape index (κ1) is 67.9. The van der Waals surface area contributed by atoms with Gasteiger partial charge in [0, 0.05) is 130 Å². The fourth-order valence-corrected chi connectivity index (χ4v) is 13.7. The van der Waals surface area contributed by atoms with Gasteiger partial charge in [-0.2, -0.15) is 0 Å². The maximum atomic E-state index is 14.2. The number of amides is 2. The summed E-state index contributed by atoms with van der Waals surface area (Å²) in [6, 6.07) is 47.3. The van der Waals surface area contributed by atoms with Crippen LogP contribution < -0.4 is 64.7 Å². The van der Waals surface area contributed by atoms with E-state index in [1.807, 2.05) is 91.9 Å². The number of methoxy groups -OCH3 is 3. The lowest BCUT2D eigenvalue weighted by atomic mass is 9.90. The molecule has 6 aromatic rings. The third-order valence-corrected chi connectivity index (χ3v) is 19.7. The lowest BCUT2D eigenvalue weighted by molar-refractivity contribution is -0.255. The summed E-state index contributed by atoms with van der Waals surface area (Å²) in [5, 5.41) is 32.2. The van der Waals surface area contributed by atoms with E-state index >= 15 is 0 Å². The Morgan fingerprint density at radius 1 is 0.534 bits per heavy atom. The number of benzene rings is 8. The largest absolute Gasteiger partial charge is 0.545 e. The number of anilines is 6. The van der Waals surface area contributed by atoms with E-state index in [0.29, 0.717) is 101 Å². The summed E-state index contributed by atoms with van der Waals surface area (Å²) in [5.74, 6) is -3.86. The van der Waals surface area contributed by atoms with Crippen LogP contribution in [0.2, 0.25) is 0 Å². The fraction of sp³-hybridized carbons (Fsp3) is 0.278. The molecule has 2 amide bonds. The number of fused-ring (bicyclic) bond motifs is 4. The van der Waals surface area contributed by atoms with Gasteiger partial charge in [0.25, 0.3) is 0 Å². The summed E-state index contributed by atoms with van der Waals surface area (Å²) in [6.07, 6.45) is 2.19. The van der Waals surface area contributed by atoms with E-state index in [2.05, 4.69) is 29.6 Å². The highest BCUT2D eigenvalue weighted by molar-refractivity contribution is 6.09. The number of likely N-dealkylation sites (N-methyl/N-ethyl adjacent to an activating group) is 1. The van der Waals surface area contributed by atoms with Crippen LogP contribution in [0, 0.1) is 11.8 Å². The Hall–Kier alpha value is -12.2. The number of esters is 3. The minimum absolute atomic E-state index is 0.0649. The summed E-state index contributed by atoms with van der Waals surface area (Å²) >= 11 is 0. The van der Waals surface area contributed by atoms with Crippen LogP contribution in [0.15, 0.2) is 167 Å². The molecule has 24 heteroatoms. The summed E-state index contributed by atoms with van der Waals surface area (Å²) < 4.78 is 45.6. The lowest BCUT2D eigenvalue weighted by Gasteiger charge is -2.40. The molecule has 0 radical (unpaired) electrons. The van der Waals surface area contributed by atoms with Crippen molar-refractivity contribution < 1.29 is 76.3 Å². The number of carbonyl (C=O) groups excluding carboxylic acids is 6. The van der Waals surface area contributed by atoms with E-state index in [-0.39, 0.29) is 61.5 Å². The minimum atomic E-state index is -1.29. The van der Waals surface area contributed by atoms with Gasteiger partial charge in [-0.3, -0.25) is 24.0 Å².